The van der Waals surface area contributed by atoms with Crippen molar-refractivity contribution in [2.24, 2.45) is 0 Å². The minimum absolute atomic E-state index is 0.0800. The molecule has 2 aromatic rings. The molecule has 0 amide bonds. The monoisotopic (exact) mass is 582 g/mol. The fourth-order valence-corrected chi connectivity index (χ4v) is 5.55. The lowest BCUT2D eigenvalue weighted by molar-refractivity contribution is -0.109. The van der Waals surface area contributed by atoms with Crippen LogP contribution in [0.5, 0.6) is 0 Å². The maximum Gasteiger partial charge on any atom is 0.135 e. The Labute approximate surface area is 253 Å². The van der Waals surface area contributed by atoms with Gasteiger partial charge in [0.05, 0.1) is 5.92 Å². The number of fused-ring (bicyclic) bond motifs is 1. The van der Waals surface area contributed by atoms with Crippen LogP contribution in [0.2, 0.25) is 5.02 Å². The number of benzene rings is 1. The van der Waals surface area contributed by atoms with Gasteiger partial charge in [0.25, 0.3) is 0 Å². The number of hydrogen-bond donors (Lipinski definition) is 0. The standard InChI is InChI=1S/C16H21ClN2O.C13H20N4.C4H10/c1-13(2)19-9-7-18(8-10-19)11-15(12-20)14-3-5-16(17)6-4-14;1-10-3-4-11-12(10)13(15-9-14-11)17-7-5-16(2)6-8-17;1-3-4-2/h3-6,12,15H,1,7-11H2,2H3;9-10H,3-8H2,1-2H3;3-4H2,1-2H3/t15-;10-;/m01./s1. The van der Waals surface area contributed by atoms with Gasteiger partial charge in [0, 0.05) is 80.9 Å². The normalized spacial score (nSPS) is 19.8. The van der Waals surface area contributed by atoms with Crippen LogP contribution < -0.4 is 4.90 Å². The summed E-state index contributed by atoms with van der Waals surface area (Å²) in [6.07, 6.45) is 7.77. The zero-order valence-corrected chi connectivity index (χ0v) is 26.7. The second kappa shape index (κ2) is 16.8. The lowest BCUT2D eigenvalue weighted by Crippen LogP contribution is -2.46. The van der Waals surface area contributed by atoms with Crippen molar-refractivity contribution in [3.8, 4) is 0 Å². The molecule has 226 valence electrons. The largest absolute Gasteiger partial charge is 0.373 e. The number of hydrogen-bond acceptors (Lipinski definition) is 7. The molecule has 7 nitrogen and oxygen atoms in total. The second-order valence-electron chi connectivity index (χ2n) is 11.6. The second-order valence-corrected chi connectivity index (χ2v) is 12.0. The molecule has 8 heteroatoms. The van der Waals surface area contributed by atoms with Crippen LogP contribution in [0, 0.1) is 0 Å². The Morgan fingerprint density at radius 3 is 2.22 bits per heavy atom. The number of anilines is 1. The number of aromatic nitrogens is 2. The van der Waals surface area contributed by atoms with E-state index in [4.69, 9.17) is 11.6 Å². The Kier molecular flexibility index (Phi) is 13.6. The van der Waals surface area contributed by atoms with E-state index in [0.717, 1.165) is 82.9 Å². The van der Waals surface area contributed by atoms with Gasteiger partial charge in [0.1, 0.15) is 18.4 Å². The summed E-state index contributed by atoms with van der Waals surface area (Å²) in [5, 5.41) is 0.702. The summed E-state index contributed by atoms with van der Waals surface area (Å²) in [5.41, 5.74) is 4.85. The highest BCUT2D eigenvalue weighted by Gasteiger charge is 2.27. The molecule has 2 aliphatic heterocycles. The summed E-state index contributed by atoms with van der Waals surface area (Å²) in [5.74, 6) is 1.75. The molecule has 2 fully saturated rings. The molecule has 1 aromatic heterocycles. The van der Waals surface area contributed by atoms with Gasteiger partial charge in [-0.3, -0.25) is 4.90 Å². The van der Waals surface area contributed by atoms with Crippen molar-refractivity contribution in [3.63, 3.8) is 0 Å². The van der Waals surface area contributed by atoms with E-state index < -0.39 is 0 Å². The molecule has 41 heavy (non-hydrogen) atoms. The van der Waals surface area contributed by atoms with Crippen molar-refractivity contribution in [3.05, 3.63) is 64.7 Å². The summed E-state index contributed by atoms with van der Waals surface area (Å²) < 4.78 is 0. The molecule has 1 aliphatic carbocycles. The molecule has 3 heterocycles. The van der Waals surface area contributed by atoms with E-state index in [2.05, 4.69) is 64.0 Å². The first-order chi connectivity index (χ1) is 19.8. The number of nitrogens with zero attached hydrogens (tertiary/aromatic N) is 6. The third kappa shape index (κ3) is 9.79. The number of aryl methyl sites for hydroxylation is 1. The van der Waals surface area contributed by atoms with Gasteiger partial charge < -0.3 is 19.5 Å². The van der Waals surface area contributed by atoms with Gasteiger partial charge >= 0.3 is 0 Å². The molecule has 0 spiro atoms. The lowest BCUT2D eigenvalue weighted by atomic mass is 10.00. The molecule has 1 aromatic carbocycles. The SMILES string of the molecule is C=C(C)N1CCN(C[C@@H](C=O)c2ccc(Cl)cc2)CC1.CCCC.C[C@@H]1CCc2ncnc(N3CCN(C)CC3)c21. The first kappa shape index (κ1) is 33.0. The Morgan fingerprint density at radius 2 is 1.66 bits per heavy atom. The molecule has 5 rings (SSSR count). The minimum Gasteiger partial charge on any atom is -0.373 e. The molecule has 0 radical (unpaired) electrons. The number of likely N-dealkylation sites (N-methyl/N-ethyl adjacent to an activating group) is 1. The van der Waals surface area contributed by atoms with Gasteiger partial charge in [-0.25, -0.2) is 9.97 Å². The fraction of sp³-hybridized carbons (Fsp3) is 0.606. The van der Waals surface area contributed by atoms with Crippen molar-refractivity contribution in [1.29, 1.82) is 0 Å². The first-order valence-electron chi connectivity index (χ1n) is 15.4. The van der Waals surface area contributed by atoms with Crippen LogP contribution in [0.25, 0.3) is 0 Å². The molecule has 0 N–H and O–H groups in total. The van der Waals surface area contributed by atoms with E-state index >= 15 is 0 Å². The van der Waals surface area contributed by atoms with Crippen LogP contribution in [0.15, 0.2) is 42.9 Å². The Bertz CT molecular complexity index is 1080. The molecule has 0 unspecified atom stereocenters. The fourth-order valence-electron chi connectivity index (χ4n) is 5.42. The average molecular weight is 583 g/mol. The maximum atomic E-state index is 11.4. The molecule has 2 saturated heterocycles. The van der Waals surface area contributed by atoms with Crippen LogP contribution >= 0.6 is 11.6 Å². The highest BCUT2D eigenvalue weighted by atomic mass is 35.5. The van der Waals surface area contributed by atoms with Gasteiger partial charge in [-0.05, 0) is 50.4 Å². The van der Waals surface area contributed by atoms with Crippen molar-refractivity contribution in [2.75, 3.05) is 70.9 Å². The van der Waals surface area contributed by atoms with Crippen LogP contribution in [-0.2, 0) is 11.2 Å². The summed E-state index contributed by atoms with van der Waals surface area (Å²) in [6.45, 7) is 21.8. The number of rotatable bonds is 7. The van der Waals surface area contributed by atoms with Crippen molar-refractivity contribution >= 4 is 23.7 Å². The number of carbonyl (C=O) groups is 1. The predicted octanol–water partition coefficient (Wildman–Crippen LogP) is 5.86. The topological polar surface area (TPSA) is 55.8 Å². The van der Waals surface area contributed by atoms with E-state index in [1.54, 1.807) is 6.33 Å². The summed E-state index contributed by atoms with van der Waals surface area (Å²) >= 11 is 5.88. The first-order valence-corrected chi connectivity index (χ1v) is 15.8. The molecule has 0 bridgehead atoms. The minimum atomic E-state index is -0.0800. The van der Waals surface area contributed by atoms with Gasteiger partial charge in [0.2, 0.25) is 0 Å². The van der Waals surface area contributed by atoms with Gasteiger partial charge in [-0.1, -0.05) is 63.9 Å². The van der Waals surface area contributed by atoms with Gasteiger partial charge in [-0.2, -0.15) is 0 Å². The van der Waals surface area contributed by atoms with Crippen molar-refractivity contribution in [1.82, 2.24) is 24.7 Å². The van der Waals surface area contributed by atoms with Crippen LogP contribution in [0.3, 0.4) is 0 Å². The van der Waals surface area contributed by atoms with E-state index in [9.17, 15) is 4.79 Å². The highest BCUT2D eigenvalue weighted by Crippen LogP contribution is 2.37. The zero-order valence-electron chi connectivity index (χ0n) is 26.0. The number of piperazine rings is 2. The molecular weight excluding hydrogens is 532 g/mol. The van der Waals surface area contributed by atoms with Crippen molar-refractivity contribution < 1.29 is 4.79 Å². The Hall–Kier alpha value is -2.48. The molecule has 2 atom stereocenters. The smallest absolute Gasteiger partial charge is 0.135 e. The van der Waals surface area contributed by atoms with Gasteiger partial charge in [-0.15, -0.1) is 0 Å². The van der Waals surface area contributed by atoms with Crippen molar-refractivity contribution in [2.45, 2.75) is 65.2 Å². The summed E-state index contributed by atoms with van der Waals surface area (Å²) in [7, 11) is 2.18. The number of carbonyl (C=O) groups excluding carboxylic acids is 1. The highest BCUT2D eigenvalue weighted by molar-refractivity contribution is 6.30. The number of allylic oxidation sites excluding steroid dienone is 1. The van der Waals surface area contributed by atoms with E-state index in [1.807, 2.05) is 31.2 Å². The van der Waals surface area contributed by atoms with Gasteiger partial charge in [0.15, 0.2) is 0 Å². The summed E-state index contributed by atoms with van der Waals surface area (Å²) in [4.78, 5) is 29.8. The van der Waals surface area contributed by atoms with E-state index in [0.29, 0.717) is 10.9 Å². The van der Waals surface area contributed by atoms with E-state index in [-0.39, 0.29) is 5.92 Å². The van der Waals surface area contributed by atoms with E-state index in [1.165, 1.54) is 36.3 Å². The number of unbranched alkanes of at least 4 members (excludes halogenated alkanes) is 1. The lowest BCUT2D eigenvalue weighted by Gasteiger charge is -2.37. The number of aldehydes is 1. The predicted molar refractivity (Wildman–Crippen MR) is 172 cm³/mol. The zero-order chi connectivity index (χ0) is 29.8. The quantitative estimate of drug-likeness (QED) is 0.379. The maximum absolute atomic E-state index is 11.4. The molecule has 0 saturated carbocycles. The van der Waals surface area contributed by atoms with Crippen LogP contribution in [-0.4, -0.2) is 96.9 Å². The summed E-state index contributed by atoms with van der Waals surface area (Å²) in [6, 6.07) is 7.55. The average Bonchev–Trinajstić information content (AvgIpc) is 3.38. The third-order valence-corrected chi connectivity index (χ3v) is 8.64. The van der Waals surface area contributed by atoms with Crippen LogP contribution in [0.1, 0.15) is 75.6 Å². The number of halogens is 1. The van der Waals surface area contributed by atoms with Crippen LogP contribution in [0.4, 0.5) is 5.82 Å². The Balaban J connectivity index is 0.000000201. The molecule has 3 aliphatic rings. The Morgan fingerprint density at radius 1 is 1.02 bits per heavy atom. The molecular formula is C33H51ClN6O. The third-order valence-electron chi connectivity index (χ3n) is 8.38.